The zero-order valence-corrected chi connectivity index (χ0v) is 17.4. The second kappa shape index (κ2) is 10.7. The van der Waals surface area contributed by atoms with Crippen molar-refractivity contribution >= 4 is 0 Å². The molecule has 0 bridgehead atoms. The molecule has 0 aliphatic rings. The summed E-state index contributed by atoms with van der Waals surface area (Å²) in [5.74, 6) is -1.34. The van der Waals surface area contributed by atoms with E-state index in [-0.39, 0.29) is 0 Å². The van der Waals surface area contributed by atoms with Gasteiger partial charge < -0.3 is 14.2 Å². The summed E-state index contributed by atoms with van der Waals surface area (Å²) in [6, 6.07) is 40.0. The van der Waals surface area contributed by atoms with Crippen molar-refractivity contribution in [2.24, 2.45) is 0 Å². The molecule has 0 radical (unpaired) electrons. The van der Waals surface area contributed by atoms with Crippen molar-refractivity contribution in [1.29, 1.82) is 0 Å². The molecule has 4 aromatic carbocycles. The third-order valence-electron chi connectivity index (χ3n) is 4.94. The predicted octanol–water partition coefficient (Wildman–Crippen LogP) is 6.45. The molecule has 0 aliphatic carbocycles. The highest BCUT2D eigenvalue weighted by atomic mass is 16.9. The Morgan fingerprint density at radius 3 is 1.00 bits per heavy atom. The van der Waals surface area contributed by atoms with E-state index in [4.69, 9.17) is 14.2 Å². The summed E-state index contributed by atoms with van der Waals surface area (Å²) in [7, 11) is 0. The topological polar surface area (TPSA) is 27.7 Å². The predicted molar refractivity (Wildman–Crippen MR) is 122 cm³/mol. The van der Waals surface area contributed by atoms with E-state index in [1.165, 1.54) is 0 Å². The van der Waals surface area contributed by atoms with Crippen LogP contribution < -0.4 is 0 Å². The number of benzene rings is 4. The Hall–Kier alpha value is -3.24. The Morgan fingerprint density at radius 1 is 0.387 bits per heavy atom. The van der Waals surface area contributed by atoms with Gasteiger partial charge in [0.25, 0.3) is 0 Å². The van der Waals surface area contributed by atoms with Crippen LogP contribution in [0.4, 0.5) is 0 Å². The van der Waals surface area contributed by atoms with E-state index in [1.54, 1.807) is 0 Å². The molecule has 0 saturated heterocycles. The molecule has 3 nitrogen and oxygen atoms in total. The fourth-order valence-electron chi connectivity index (χ4n) is 3.28. The Labute approximate surface area is 183 Å². The van der Waals surface area contributed by atoms with Gasteiger partial charge in [-0.15, -0.1) is 0 Å². The first kappa shape index (κ1) is 21.0. The molecule has 0 spiro atoms. The Balaban J connectivity index is 1.63. The smallest absolute Gasteiger partial charge is 0.312 e. The maximum absolute atomic E-state index is 6.40. The first-order valence-corrected chi connectivity index (χ1v) is 10.4. The Kier molecular flexibility index (Phi) is 7.24. The van der Waals surface area contributed by atoms with Crippen LogP contribution in [0.2, 0.25) is 0 Å². The molecular formula is C28H26O3. The number of rotatable bonds is 10. The van der Waals surface area contributed by atoms with E-state index in [9.17, 15) is 0 Å². The summed E-state index contributed by atoms with van der Waals surface area (Å²) in [4.78, 5) is 0. The summed E-state index contributed by atoms with van der Waals surface area (Å²) in [6.45, 7) is 1.08. The highest BCUT2D eigenvalue weighted by Gasteiger charge is 2.36. The summed E-state index contributed by atoms with van der Waals surface area (Å²) >= 11 is 0. The molecular weight excluding hydrogens is 384 g/mol. The minimum Gasteiger partial charge on any atom is -0.319 e. The molecule has 31 heavy (non-hydrogen) atoms. The van der Waals surface area contributed by atoms with Crippen LogP contribution >= 0.6 is 0 Å². The quantitative estimate of drug-likeness (QED) is 0.281. The molecule has 0 fully saturated rings. The third-order valence-corrected chi connectivity index (χ3v) is 4.94. The average molecular weight is 411 g/mol. The van der Waals surface area contributed by atoms with Crippen molar-refractivity contribution in [3.05, 3.63) is 144 Å². The molecule has 0 saturated carbocycles. The van der Waals surface area contributed by atoms with Crippen LogP contribution in [0.3, 0.4) is 0 Å². The Morgan fingerprint density at radius 2 is 0.677 bits per heavy atom. The zero-order valence-electron chi connectivity index (χ0n) is 17.4. The van der Waals surface area contributed by atoms with Crippen LogP contribution in [0.25, 0.3) is 0 Å². The fourth-order valence-corrected chi connectivity index (χ4v) is 3.28. The molecule has 0 heterocycles. The van der Waals surface area contributed by atoms with Gasteiger partial charge in [-0.3, -0.25) is 0 Å². The summed E-state index contributed by atoms with van der Waals surface area (Å²) in [5.41, 5.74) is 3.97. The van der Waals surface area contributed by atoms with Crippen LogP contribution in [0.5, 0.6) is 0 Å². The molecule has 0 atom stereocenters. The third kappa shape index (κ3) is 5.89. The average Bonchev–Trinajstić information content (AvgIpc) is 2.86. The zero-order chi connectivity index (χ0) is 21.2. The minimum atomic E-state index is -1.34. The van der Waals surface area contributed by atoms with Crippen LogP contribution in [0, 0.1) is 0 Å². The fraction of sp³-hybridized carbons (Fsp3) is 0.143. The summed E-state index contributed by atoms with van der Waals surface area (Å²) in [5, 5.41) is 0. The lowest BCUT2D eigenvalue weighted by molar-refractivity contribution is -0.407. The van der Waals surface area contributed by atoms with Gasteiger partial charge in [-0.05, 0) is 16.7 Å². The second-order valence-electron chi connectivity index (χ2n) is 7.25. The lowest BCUT2D eigenvalue weighted by Crippen LogP contribution is -2.36. The minimum absolute atomic E-state index is 0.360. The molecule has 0 aromatic heterocycles. The summed E-state index contributed by atoms with van der Waals surface area (Å²) < 4.78 is 19.2. The van der Waals surface area contributed by atoms with Gasteiger partial charge in [0.05, 0.1) is 19.8 Å². The van der Waals surface area contributed by atoms with E-state index >= 15 is 0 Å². The molecule has 0 amide bonds. The highest BCUT2D eigenvalue weighted by Crippen LogP contribution is 2.32. The van der Waals surface area contributed by atoms with Gasteiger partial charge in [0, 0.05) is 5.56 Å². The normalized spacial score (nSPS) is 11.4. The van der Waals surface area contributed by atoms with Crippen molar-refractivity contribution in [2.75, 3.05) is 0 Å². The second-order valence-corrected chi connectivity index (χ2v) is 7.25. The molecule has 156 valence electrons. The van der Waals surface area contributed by atoms with Gasteiger partial charge in [-0.1, -0.05) is 121 Å². The van der Waals surface area contributed by atoms with E-state index in [0.29, 0.717) is 19.8 Å². The van der Waals surface area contributed by atoms with E-state index in [1.807, 2.05) is 121 Å². The maximum Gasteiger partial charge on any atom is 0.312 e. The van der Waals surface area contributed by atoms with Gasteiger partial charge in [0.1, 0.15) is 0 Å². The molecule has 0 aliphatic heterocycles. The van der Waals surface area contributed by atoms with E-state index < -0.39 is 5.97 Å². The molecule has 4 aromatic rings. The van der Waals surface area contributed by atoms with Crippen molar-refractivity contribution < 1.29 is 14.2 Å². The molecule has 0 unspecified atom stereocenters. The molecule has 3 heteroatoms. The van der Waals surface area contributed by atoms with Crippen molar-refractivity contribution in [3.8, 4) is 0 Å². The van der Waals surface area contributed by atoms with Crippen molar-refractivity contribution in [1.82, 2.24) is 0 Å². The van der Waals surface area contributed by atoms with Gasteiger partial charge >= 0.3 is 5.97 Å². The highest BCUT2D eigenvalue weighted by molar-refractivity contribution is 5.21. The maximum atomic E-state index is 6.40. The largest absolute Gasteiger partial charge is 0.319 e. The lowest BCUT2D eigenvalue weighted by atomic mass is 10.1. The lowest BCUT2D eigenvalue weighted by Gasteiger charge is -2.34. The first-order chi connectivity index (χ1) is 15.3. The standard InChI is InChI=1S/C28H26O3/c1-5-13-24(14-6-1)21-29-28(27-19-11-4-12-20-27,30-22-25-15-7-2-8-16-25)31-23-26-17-9-3-10-18-26/h1-20H,21-23H2. The molecule has 0 N–H and O–H groups in total. The van der Waals surface area contributed by atoms with E-state index in [2.05, 4.69) is 0 Å². The number of ether oxygens (including phenoxy) is 3. The SMILES string of the molecule is c1ccc(COC(OCc2ccccc2)(OCc2ccccc2)c2ccccc2)cc1. The van der Waals surface area contributed by atoms with Gasteiger partial charge in [-0.25, -0.2) is 0 Å². The molecule has 4 rings (SSSR count). The van der Waals surface area contributed by atoms with Crippen LogP contribution in [0.15, 0.2) is 121 Å². The van der Waals surface area contributed by atoms with E-state index in [0.717, 1.165) is 22.3 Å². The number of hydrogen-bond acceptors (Lipinski definition) is 3. The van der Waals surface area contributed by atoms with Gasteiger partial charge in [0.2, 0.25) is 0 Å². The van der Waals surface area contributed by atoms with Gasteiger partial charge in [-0.2, -0.15) is 0 Å². The van der Waals surface area contributed by atoms with Crippen LogP contribution in [-0.4, -0.2) is 0 Å². The first-order valence-electron chi connectivity index (χ1n) is 10.4. The monoisotopic (exact) mass is 410 g/mol. The van der Waals surface area contributed by atoms with Crippen molar-refractivity contribution in [3.63, 3.8) is 0 Å². The van der Waals surface area contributed by atoms with Crippen LogP contribution in [0.1, 0.15) is 22.3 Å². The van der Waals surface area contributed by atoms with Crippen LogP contribution in [-0.2, 0) is 40.0 Å². The summed E-state index contributed by atoms with van der Waals surface area (Å²) in [6.07, 6.45) is 0. The van der Waals surface area contributed by atoms with Crippen molar-refractivity contribution in [2.45, 2.75) is 25.8 Å². The number of hydrogen-bond donors (Lipinski definition) is 0. The Bertz CT molecular complexity index is 913. The van der Waals surface area contributed by atoms with Gasteiger partial charge in [0.15, 0.2) is 0 Å².